The minimum Gasteiger partial charge on any atom is -0.497 e. The van der Waals surface area contributed by atoms with Gasteiger partial charge in [-0.3, -0.25) is 0 Å². The molecule has 0 spiro atoms. The molecule has 0 fully saturated rings. The topological polar surface area (TPSA) is 47.0 Å². The Bertz CT molecular complexity index is 961. The van der Waals surface area contributed by atoms with Crippen LogP contribution in [0.15, 0.2) is 42.5 Å². The van der Waals surface area contributed by atoms with Crippen molar-refractivity contribution >= 4 is 16.7 Å². The van der Waals surface area contributed by atoms with Crippen molar-refractivity contribution in [3.63, 3.8) is 0 Å². The highest BCUT2D eigenvalue weighted by Crippen LogP contribution is 2.33. The molecular formula is C20H20F3N3O. The highest BCUT2D eigenvalue weighted by Gasteiger charge is 2.36. The molecule has 0 unspecified atom stereocenters. The van der Waals surface area contributed by atoms with Crippen molar-refractivity contribution < 1.29 is 17.9 Å². The van der Waals surface area contributed by atoms with Crippen LogP contribution in [0.3, 0.4) is 0 Å². The molecule has 0 aliphatic carbocycles. The number of alkyl halides is 3. The maximum Gasteiger partial charge on any atom is 0.451 e. The van der Waals surface area contributed by atoms with Crippen LogP contribution in [0.2, 0.25) is 0 Å². The molecule has 0 radical (unpaired) electrons. The number of methoxy groups -OCH3 is 1. The first-order valence-electron chi connectivity index (χ1n) is 8.38. The third-order valence-electron chi connectivity index (χ3n) is 3.87. The number of aromatic nitrogens is 2. The zero-order valence-corrected chi connectivity index (χ0v) is 15.5. The summed E-state index contributed by atoms with van der Waals surface area (Å²) in [6, 6.07) is 12.6. The summed E-state index contributed by atoms with van der Waals surface area (Å²) in [6.07, 6.45) is -4.61. The number of rotatable bonds is 3. The van der Waals surface area contributed by atoms with Gasteiger partial charge in [-0.05, 0) is 56.2 Å². The van der Waals surface area contributed by atoms with Gasteiger partial charge in [-0.2, -0.15) is 13.2 Å². The van der Waals surface area contributed by atoms with Gasteiger partial charge < -0.3 is 10.1 Å². The number of ether oxygens (including phenoxy) is 1. The van der Waals surface area contributed by atoms with Crippen LogP contribution in [-0.2, 0) is 6.18 Å². The van der Waals surface area contributed by atoms with E-state index in [9.17, 15) is 13.2 Å². The van der Waals surface area contributed by atoms with Gasteiger partial charge in [-0.25, -0.2) is 9.97 Å². The summed E-state index contributed by atoms with van der Waals surface area (Å²) in [6.45, 7) is 5.59. The van der Waals surface area contributed by atoms with Crippen LogP contribution in [0.4, 0.5) is 19.0 Å². The maximum atomic E-state index is 13.2. The molecule has 1 heterocycles. The Labute approximate surface area is 155 Å². The number of anilines is 1. The fraction of sp³-hybridized carbons (Fsp3) is 0.300. The van der Waals surface area contributed by atoms with E-state index in [1.807, 2.05) is 45.0 Å². The lowest BCUT2D eigenvalue weighted by Gasteiger charge is -2.23. The normalized spacial score (nSPS) is 12.3. The van der Waals surface area contributed by atoms with Gasteiger partial charge in [0.1, 0.15) is 11.6 Å². The maximum absolute atomic E-state index is 13.2. The lowest BCUT2D eigenvalue weighted by Crippen LogP contribution is -2.27. The molecule has 142 valence electrons. The number of nitrogens with zero attached hydrogens (tertiary/aromatic N) is 2. The summed E-state index contributed by atoms with van der Waals surface area (Å²) in [4.78, 5) is 7.46. The molecule has 0 saturated heterocycles. The summed E-state index contributed by atoms with van der Waals surface area (Å²) in [5, 5.41) is 3.60. The van der Waals surface area contributed by atoms with E-state index < -0.39 is 17.5 Å². The van der Waals surface area contributed by atoms with Crippen LogP contribution in [0.1, 0.15) is 26.6 Å². The summed E-state index contributed by atoms with van der Waals surface area (Å²) in [5.74, 6) is -0.262. The van der Waals surface area contributed by atoms with Crippen LogP contribution >= 0.6 is 0 Å². The molecule has 0 aliphatic rings. The van der Waals surface area contributed by atoms with E-state index >= 15 is 0 Å². The van der Waals surface area contributed by atoms with Crippen molar-refractivity contribution in [1.82, 2.24) is 9.97 Å². The number of fused-ring (bicyclic) bond motifs is 1. The molecule has 0 atom stereocenters. The van der Waals surface area contributed by atoms with Crippen LogP contribution in [0.25, 0.3) is 22.0 Å². The number of hydrogen-bond donors (Lipinski definition) is 1. The first kappa shape index (κ1) is 18.9. The molecule has 0 saturated carbocycles. The quantitative estimate of drug-likeness (QED) is 0.653. The molecule has 7 heteroatoms. The van der Waals surface area contributed by atoms with E-state index in [0.717, 1.165) is 16.9 Å². The Morgan fingerprint density at radius 1 is 0.889 bits per heavy atom. The number of benzene rings is 2. The number of halogens is 3. The zero-order chi connectivity index (χ0) is 19.8. The van der Waals surface area contributed by atoms with E-state index in [1.165, 1.54) is 0 Å². The molecule has 3 aromatic rings. The molecular weight excluding hydrogens is 355 g/mol. The predicted molar refractivity (Wildman–Crippen MR) is 99.9 cm³/mol. The van der Waals surface area contributed by atoms with E-state index in [-0.39, 0.29) is 11.3 Å². The Balaban J connectivity index is 2.17. The molecule has 0 amide bonds. The molecule has 0 bridgehead atoms. The van der Waals surface area contributed by atoms with Gasteiger partial charge in [-0.15, -0.1) is 0 Å². The Kier molecular flexibility index (Phi) is 4.71. The summed E-state index contributed by atoms with van der Waals surface area (Å²) >= 11 is 0. The second-order valence-corrected chi connectivity index (χ2v) is 7.23. The summed E-state index contributed by atoms with van der Waals surface area (Å²) in [5.41, 5.74) is 1.55. The van der Waals surface area contributed by atoms with Crippen molar-refractivity contribution in [2.45, 2.75) is 32.5 Å². The predicted octanol–water partition coefficient (Wildman–Crippen LogP) is 5.53. The Morgan fingerprint density at radius 3 is 2.07 bits per heavy atom. The van der Waals surface area contributed by atoms with Gasteiger partial charge in [0.05, 0.1) is 12.6 Å². The molecule has 1 N–H and O–H groups in total. The van der Waals surface area contributed by atoms with Crippen molar-refractivity contribution in [2.75, 3.05) is 12.4 Å². The summed E-state index contributed by atoms with van der Waals surface area (Å²) < 4.78 is 44.7. The van der Waals surface area contributed by atoms with Crippen LogP contribution in [-0.4, -0.2) is 22.6 Å². The van der Waals surface area contributed by atoms with E-state index in [2.05, 4.69) is 15.3 Å². The van der Waals surface area contributed by atoms with Crippen LogP contribution < -0.4 is 10.1 Å². The molecule has 4 nitrogen and oxygen atoms in total. The Hall–Kier alpha value is -2.83. The molecule has 2 aromatic carbocycles. The molecule has 3 rings (SSSR count). The smallest absolute Gasteiger partial charge is 0.451 e. The fourth-order valence-electron chi connectivity index (χ4n) is 2.67. The van der Waals surface area contributed by atoms with Crippen LogP contribution in [0.5, 0.6) is 5.75 Å². The fourth-order valence-corrected chi connectivity index (χ4v) is 2.67. The highest BCUT2D eigenvalue weighted by atomic mass is 19.4. The third-order valence-corrected chi connectivity index (χ3v) is 3.87. The van der Waals surface area contributed by atoms with Crippen molar-refractivity contribution in [3.05, 3.63) is 48.3 Å². The van der Waals surface area contributed by atoms with Crippen molar-refractivity contribution in [2.24, 2.45) is 0 Å². The third kappa shape index (κ3) is 4.30. The minimum atomic E-state index is -4.61. The molecule has 1 aromatic heterocycles. The van der Waals surface area contributed by atoms with E-state index in [0.29, 0.717) is 5.39 Å². The lowest BCUT2D eigenvalue weighted by molar-refractivity contribution is -0.144. The number of nitrogens with one attached hydrogen (secondary N) is 1. The van der Waals surface area contributed by atoms with Crippen LogP contribution in [0, 0.1) is 0 Å². The largest absolute Gasteiger partial charge is 0.497 e. The highest BCUT2D eigenvalue weighted by molar-refractivity contribution is 5.93. The van der Waals surface area contributed by atoms with Gasteiger partial charge in [0.25, 0.3) is 0 Å². The first-order chi connectivity index (χ1) is 12.6. The second kappa shape index (κ2) is 6.72. The standard InChI is InChI=1S/C20H20F3N3O/c1-19(2,3)26-17-15-11-13(12-5-8-14(27-4)9-6-12)7-10-16(15)24-18(25-17)20(21,22)23/h5-11H,1-4H3,(H,24,25,26). The van der Waals surface area contributed by atoms with Gasteiger partial charge in [-0.1, -0.05) is 18.2 Å². The van der Waals surface area contributed by atoms with Crippen molar-refractivity contribution in [1.29, 1.82) is 0 Å². The van der Waals surface area contributed by atoms with Gasteiger partial charge >= 0.3 is 6.18 Å². The summed E-state index contributed by atoms with van der Waals surface area (Å²) in [7, 11) is 1.59. The van der Waals surface area contributed by atoms with Crippen molar-refractivity contribution in [3.8, 4) is 16.9 Å². The molecule has 27 heavy (non-hydrogen) atoms. The average molecular weight is 375 g/mol. The second-order valence-electron chi connectivity index (χ2n) is 7.23. The average Bonchev–Trinajstić information content (AvgIpc) is 2.59. The van der Waals surface area contributed by atoms with E-state index in [1.54, 1.807) is 25.3 Å². The lowest BCUT2D eigenvalue weighted by atomic mass is 10.0. The van der Waals surface area contributed by atoms with Gasteiger partial charge in [0.2, 0.25) is 5.82 Å². The first-order valence-corrected chi connectivity index (χ1v) is 8.38. The van der Waals surface area contributed by atoms with Gasteiger partial charge in [0.15, 0.2) is 0 Å². The monoisotopic (exact) mass is 375 g/mol. The minimum absolute atomic E-state index is 0.162. The molecule has 0 aliphatic heterocycles. The van der Waals surface area contributed by atoms with Gasteiger partial charge in [0, 0.05) is 10.9 Å². The van der Waals surface area contributed by atoms with E-state index in [4.69, 9.17) is 4.74 Å². The SMILES string of the molecule is COc1ccc(-c2ccc3nc(C(F)(F)F)nc(NC(C)(C)C)c3c2)cc1. The number of hydrogen-bond acceptors (Lipinski definition) is 4. The zero-order valence-electron chi connectivity index (χ0n) is 15.5. The Morgan fingerprint density at radius 2 is 1.52 bits per heavy atom.